The van der Waals surface area contributed by atoms with E-state index in [2.05, 4.69) is 15.6 Å². The number of nitrogens with two attached hydrogens (primary N) is 1. The summed E-state index contributed by atoms with van der Waals surface area (Å²) in [5.74, 6) is -0.850. The second-order valence-electron chi connectivity index (χ2n) is 6.10. The van der Waals surface area contributed by atoms with Gasteiger partial charge in [0.05, 0.1) is 11.7 Å². The number of carbonyl (C=O) groups is 3. The molecule has 8 heteroatoms. The molecule has 0 saturated heterocycles. The lowest BCUT2D eigenvalue weighted by Gasteiger charge is -2.08. The molecule has 3 amide bonds. The van der Waals surface area contributed by atoms with Crippen molar-refractivity contribution >= 4 is 29.3 Å². The molecule has 0 atom stereocenters. The molecule has 2 aromatic rings. The molecule has 0 radical (unpaired) electrons. The number of carbonyl (C=O) groups excluding carboxylic acids is 3. The van der Waals surface area contributed by atoms with Gasteiger partial charge in [-0.15, -0.1) is 0 Å². The molecule has 8 nitrogen and oxygen atoms in total. The van der Waals surface area contributed by atoms with Crippen LogP contribution < -0.4 is 16.4 Å². The second kappa shape index (κ2) is 7.73. The van der Waals surface area contributed by atoms with Crippen LogP contribution in [0, 0.1) is 13.8 Å². The number of aromatic amines is 1. The van der Waals surface area contributed by atoms with Gasteiger partial charge >= 0.3 is 12.0 Å². The monoisotopic (exact) mass is 358 g/mol. The molecule has 26 heavy (non-hydrogen) atoms. The highest BCUT2D eigenvalue weighted by Crippen LogP contribution is 2.21. The Hall–Kier alpha value is -3.29. The number of hydrogen-bond donors (Lipinski definition) is 4. The van der Waals surface area contributed by atoms with Gasteiger partial charge in [0.2, 0.25) is 0 Å². The van der Waals surface area contributed by atoms with Crippen LogP contribution in [0.25, 0.3) is 0 Å². The quantitative estimate of drug-likeness (QED) is 0.613. The molecule has 5 N–H and O–H groups in total. The van der Waals surface area contributed by atoms with Gasteiger partial charge < -0.3 is 26.1 Å². The molecule has 0 bridgehead atoms. The van der Waals surface area contributed by atoms with Crippen LogP contribution in [0.3, 0.4) is 0 Å². The van der Waals surface area contributed by atoms with Gasteiger partial charge in [-0.2, -0.15) is 0 Å². The van der Waals surface area contributed by atoms with Crippen LogP contribution in [0.5, 0.6) is 0 Å². The maximum atomic E-state index is 12.5. The number of aromatic nitrogens is 1. The molecule has 0 spiro atoms. The summed E-state index contributed by atoms with van der Waals surface area (Å²) in [6, 6.07) is 5.81. The van der Waals surface area contributed by atoms with Gasteiger partial charge in [-0.25, -0.2) is 9.59 Å². The number of anilines is 2. The van der Waals surface area contributed by atoms with Crippen LogP contribution in [0.2, 0.25) is 0 Å². The third-order valence-electron chi connectivity index (χ3n) is 3.62. The SMILES string of the molecule is Cc1[nH]c(C(=O)Nc2ccc(NC(N)=O)cc2)c(C)c1C(=O)OC(C)C. The summed E-state index contributed by atoms with van der Waals surface area (Å²) >= 11 is 0. The highest BCUT2D eigenvalue weighted by Gasteiger charge is 2.23. The first-order valence-electron chi connectivity index (χ1n) is 8.07. The van der Waals surface area contributed by atoms with Crippen molar-refractivity contribution in [3.63, 3.8) is 0 Å². The first-order valence-corrected chi connectivity index (χ1v) is 8.07. The van der Waals surface area contributed by atoms with Gasteiger partial charge in [0.15, 0.2) is 0 Å². The fourth-order valence-corrected chi connectivity index (χ4v) is 2.53. The Bertz CT molecular complexity index is 838. The van der Waals surface area contributed by atoms with Gasteiger partial charge in [-0.3, -0.25) is 4.79 Å². The molecule has 0 fully saturated rings. The van der Waals surface area contributed by atoms with Crippen molar-refractivity contribution in [2.45, 2.75) is 33.8 Å². The molecule has 2 rings (SSSR count). The largest absolute Gasteiger partial charge is 0.459 e. The van der Waals surface area contributed by atoms with Crippen molar-refractivity contribution in [1.29, 1.82) is 0 Å². The van der Waals surface area contributed by atoms with Crippen molar-refractivity contribution in [3.05, 3.63) is 46.8 Å². The molecule has 0 unspecified atom stereocenters. The number of primary amides is 1. The summed E-state index contributed by atoms with van der Waals surface area (Å²) < 4.78 is 5.22. The van der Waals surface area contributed by atoms with Crippen molar-refractivity contribution in [3.8, 4) is 0 Å². The summed E-state index contributed by atoms with van der Waals surface area (Å²) in [7, 11) is 0. The van der Waals surface area contributed by atoms with E-state index in [1.54, 1.807) is 52.0 Å². The van der Waals surface area contributed by atoms with Crippen LogP contribution in [0.1, 0.15) is 46.0 Å². The Morgan fingerprint density at radius 2 is 1.58 bits per heavy atom. The highest BCUT2D eigenvalue weighted by atomic mass is 16.5. The van der Waals surface area contributed by atoms with Crippen LogP contribution in [-0.2, 0) is 4.74 Å². The van der Waals surface area contributed by atoms with Gasteiger partial charge in [-0.1, -0.05) is 0 Å². The third-order valence-corrected chi connectivity index (χ3v) is 3.62. The fourth-order valence-electron chi connectivity index (χ4n) is 2.53. The number of aryl methyl sites for hydroxylation is 1. The van der Waals surface area contributed by atoms with Gasteiger partial charge in [0.25, 0.3) is 5.91 Å². The molecule has 138 valence electrons. The zero-order chi connectivity index (χ0) is 19.4. The lowest BCUT2D eigenvalue weighted by Crippen LogP contribution is -2.19. The van der Waals surface area contributed by atoms with Crippen LogP contribution in [0.15, 0.2) is 24.3 Å². The molecule has 0 aliphatic heterocycles. The zero-order valence-electron chi connectivity index (χ0n) is 15.1. The number of benzene rings is 1. The zero-order valence-corrected chi connectivity index (χ0v) is 15.1. The molecule has 0 saturated carbocycles. The van der Waals surface area contributed by atoms with Crippen LogP contribution in [0.4, 0.5) is 16.2 Å². The molecule has 0 aliphatic rings. The Labute approximate surface area is 151 Å². The Balaban J connectivity index is 2.17. The molecule has 0 aliphatic carbocycles. The minimum absolute atomic E-state index is 0.249. The fraction of sp³-hybridized carbons (Fsp3) is 0.278. The smallest absolute Gasteiger partial charge is 0.340 e. The van der Waals surface area contributed by atoms with E-state index in [1.807, 2.05) is 0 Å². The molecular formula is C18H22N4O4. The maximum Gasteiger partial charge on any atom is 0.340 e. The number of esters is 1. The van der Waals surface area contributed by atoms with E-state index in [1.165, 1.54) is 0 Å². The van der Waals surface area contributed by atoms with E-state index in [-0.39, 0.29) is 17.7 Å². The van der Waals surface area contributed by atoms with Crippen LogP contribution >= 0.6 is 0 Å². The van der Waals surface area contributed by atoms with Crippen molar-refractivity contribution < 1.29 is 19.1 Å². The van der Waals surface area contributed by atoms with E-state index in [4.69, 9.17) is 10.5 Å². The second-order valence-corrected chi connectivity index (χ2v) is 6.10. The molecule has 1 heterocycles. The minimum atomic E-state index is -0.667. The van der Waals surface area contributed by atoms with Crippen molar-refractivity contribution in [1.82, 2.24) is 4.98 Å². The van der Waals surface area contributed by atoms with E-state index in [0.29, 0.717) is 28.2 Å². The van der Waals surface area contributed by atoms with Crippen LogP contribution in [-0.4, -0.2) is 29.0 Å². The Morgan fingerprint density at radius 1 is 1.04 bits per heavy atom. The Morgan fingerprint density at radius 3 is 2.08 bits per heavy atom. The summed E-state index contributed by atoms with van der Waals surface area (Å²) in [5, 5.41) is 5.17. The topological polar surface area (TPSA) is 126 Å². The number of hydrogen-bond acceptors (Lipinski definition) is 4. The average molecular weight is 358 g/mol. The summed E-state index contributed by atoms with van der Waals surface area (Å²) in [6.07, 6.45) is -0.249. The first-order chi connectivity index (χ1) is 12.2. The molecule has 1 aromatic carbocycles. The number of nitrogens with one attached hydrogen (secondary N) is 3. The lowest BCUT2D eigenvalue weighted by atomic mass is 10.1. The van der Waals surface area contributed by atoms with E-state index in [9.17, 15) is 14.4 Å². The summed E-state index contributed by atoms with van der Waals surface area (Å²) in [5.41, 5.74) is 7.84. The third kappa shape index (κ3) is 4.41. The molecule has 1 aromatic heterocycles. The Kier molecular flexibility index (Phi) is 5.66. The summed E-state index contributed by atoms with van der Waals surface area (Å²) in [4.78, 5) is 38.5. The lowest BCUT2D eigenvalue weighted by molar-refractivity contribution is 0.0376. The predicted octanol–water partition coefficient (Wildman–Crippen LogP) is 2.94. The van der Waals surface area contributed by atoms with Gasteiger partial charge in [-0.05, 0) is 57.5 Å². The number of urea groups is 1. The first kappa shape index (κ1) is 19.0. The standard InChI is InChI=1S/C18H22N4O4/c1-9(2)26-17(24)14-10(3)15(20-11(14)4)16(23)21-12-5-7-13(8-6-12)22-18(19)25/h5-9,20H,1-4H3,(H,21,23)(H3,19,22,25). The van der Waals surface area contributed by atoms with E-state index >= 15 is 0 Å². The minimum Gasteiger partial charge on any atom is -0.459 e. The van der Waals surface area contributed by atoms with Crippen molar-refractivity contribution in [2.24, 2.45) is 5.73 Å². The van der Waals surface area contributed by atoms with Gasteiger partial charge in [0, 0.05) is 17.1 Å². The van der Waals surface area contributed by atoms with E-state index < -0.39 is 12.0 Å². The summed E-state index contributed by atoms with van der Waals surface area (Å²) in [6.45, 7) is 6.93. The van der Waals surface area contributed by atoms with Gasteiger partial charge in [0.1, 0.15) is 5.69 Å². The number of amides is 3. The normalized spacial score (nSPS) is 10.5. The maximum absolute atomic E-state index is 12.5. The number of rotatable bonds is 5. The predicted molar refractivity (Wildman–Crippen MR) is 98.4 cm³/mol. The highest BCUT2D eigenvalue weighted by molar-refractivity contribution is 6.07. The van der Waals surface area contributed by atoms with E-state index in [0.717, 1.165) is 0 Å². The molecular weight excluding hydrogens is 336 g/mol. The van der Waals surface area contributed by atoms with Crippen molar-refractivity contribution in [2.75, 3.05) is 10.6 Å². The number of H-pyrrole nitrogens is 1. The average Bonchev–Trinajstić information content (AvgIpc) is 2.83. The number of ether oxygens (including phenoxy) is 1.